The first kappa shape index (κ1) is 20.7. The maximum atomic E-state index is 13.1. The smallest absolute Gasteiger partial charge is 0.272 e. The number of carbonyl (C=O) groups is 2. The van der Waals surface area contributed by atoms with E-state index < -0.39 is 0 Å². The Balaban J connectivity index is 1.57. The molecule has 0 radical (unpaired) electrons. The maximum Gasteiger partial charge on any atom is 0.272 e. The van der Waals surface area contributed by atoms with Crippen molar-refractivity contribution in [3.05, 3.63) is 53.5 Å². The van der Waals surface area contributed by atoms with Crippen LogP contribution in [0.25, 0.3) is 0 Å². The molecule has 1 saturated carbocycles. The number of rotatable bonds is 7. The van der Waals surface area contributed by atoms with E-state index in [0.717, 1.165) is 18.4 Å². The molecule has 2 amide bonds. The van der Waals surface area contributed by atoms with E-state index in [-0.39, 0.29) is 40.7 Å². The number of hydrogen-bond donors (Lipinski definition) is 3. The summed E-state index contributed by atoms with van der Waals surface area (Å²) in [5, 5.41) is 14.1. The molecule has 0 saturated heterocycles. The van der Waals surface area contributed by atoms with Gasteiger partial charge in [-0.05, 0) is 42.7 Å². The van der Waals surface area contributed by atoms with Crippen molar-refractivity contribution in [1.82, 2.24) is 15.5 Å². The van der Waals surface area contributed by atoms with Crippen LogP contribution in [-0.2, 0) is 10.2 Å². The number of amides is 2. The maximum absolute atomic E-state index is 13.1. The lowest BCUT2D eigenvalue weighted by molar-refractivity contribution is -0.122. The Bertz CT molecular complexity index is 868. The third-order valence-electron chi connectivity index (χ3n) is 5.43. The zero-order valence-electron chi connectivity index (χ0n) is 16.6. The summed E-state index contributed by atoms with van der Waals surface area (Å²) in [4.78, 5) is 23.9. The molecular formula is C21H26FN5O2. The Morgan fingerprint density at radius 3 is 2.48 bits per heavy atom. The number of nitrogens with zero attached hydrogens (tertiary/aromatic N) is 2. The molecular weight excluding hydrogens is 373 g/mol. The van der Waals surface area contributed by atoms with Gasteiger partial charge in [-0.25, -0.2) is 4.39 Å². The average molecular weight is 399 g/mol. The van der Waals surface area contributed by atoms with Gasteiger partial charge < -0.3 is 16.4 Å². The number of carbonyl (C=O) groups excluding carboxylic acids is 2. The molecule has 1 fully saturated rings. The van der Waals surface area contributed by atoms with Crippen LogP contribution in [0, 0.1) is 11.7 Å². The van der Waals surface area contributed by atoms with Crippen molar-refractivity contribution < 1.29 is 14.0 Å². The summed E-state index contributed by atoms with van der Waals surface area (Å²) in [6.07, 6.45) is 2.28. The highest BCUT2D eigenvalue weighted by molar-refractivity contribution is 5.93. The normalized spacial score (nSPS) is 19.0. The molecule has 4 N–H and O–H groups in total. The second-order valence-corrected chi connectivity index (χ2v) is 8.07. The number of nitrogens with one attached hydrogen (secondary N) is 2. The van der Waals surface area contributed by atoms with E-state index in [2.05, 4.69) is 20.8 Å². The highest BCUT2D eigenvalue weighted by Gasteiger charge is 2.33. The van der Waals surface area contributed by atoms with E-state index in [4.69, 9.17) is 5.73 Å². The summed E-state index contributed by atoms with van der Waals surface area (Å²) < 4.78 is 13.1. The van der Waals surface area contributed by atoms with Crippen molar-refractivity contribution >= 4 is 17.6 Å². The van der Waals surface area contributed by atoms with Crippen molar-refractivity contribution in [2.75, 3.05) is 11.9 Å². The van der Waals surface area contributed by atoms with Crippen molar-refractivity contribution in [3.8, 4) is 0 Å². The molecule has 8 heteroatoms. The van der Waals surface area contributed by atoms with E-state index in [1.165, 1.54) is 12.1 Å². The highest BCUT2D eigenvalue weighted by Crippen LogP contribution is 2.26. The first-order valence-corrected chi connectivity index (χ1v) is 9.70. The molecule has 1 aliphatic carbocycles. The molecule has 0 spiro atoms. The van der Waals surface area contributed by atoms with Crippen LogP contribution >= 0.6 is 0 Å². The highest BCUT2D eigenvalue weighted by atomic mass is 19.1. The lowest BCUT2D eigenvalue weighted by Gasteiger charge is -2.25. The standard InChI is InChI=1S/C21H26FN5O2/c1-21(2,13-6-8-14(22)9-7-13)12-24-18-11-10-17(26-27-18)20(29)25-16-5-3-4-15(16)19(23)28/h6-11,15-16H,3-5,12H2,1-2H3,(H2,23,28)(H,24,27)(H,25,29)/t15-,16+/m0/s1. The van der Waals surface area contributed by atoms with Gasteiger partial charge in [0.15, 0.2) is 5.69 Å². The van der Waals surface area contributed by atoms with Gasteiger partial charge in [-0.1, -0.05) is 32.4 Å². The van der Waals surface area contributed by atoms with Crippen LogP contribution in [0.4, 0.5) is 10.2 Å². The quantitative estimate of drug-likeness (QED) is 0.662. The third kappa shape index (κ3) is 5.07. The minimum absolute atomic E-state index is 0.184. The largest absolute Gasteiger partial charge is 0.369 e. The Kier molecular flexibility index (Phi) is 6.10. The molecule has 1 aliphatic rings. The van der Waals surface area contributed by atoms with Gasteiger partial charge in [-0.15, -0.1) is 10.2 Å². The molecule has 0 aliphatic heterocycles. The lowest BCUT2D eigenvalue weighted by atomic mass is 9.84. The monoisotopic (exact) mass is 399 g/mol. The molecule has 7 nitrogen and oxygen atoms in total. The second-order valence-electron chi connectivity index (χ2n) is 8.07. The second kappa shape index (κ2) is 8.55. The molecule has 1 aromatic heterocycles. The van der Waals surface area contributed by atoms with Gasteiger partial charge in [0.1, 0.15) is 11.6 Å². The summed E-state index contributed by atoms with van der Waals surface area (Å²) in [7, 11) is 0. The van der Waals surface area contributed by atoms with Gasteiger partial charge in [0, 0.05) is 18.0 Å². The summed E-state index contributed by atoms with van der Waals surface area (Å²) in [6, 6.07) is 9.43. The fourth-order valence-electron chi connectivity index (χ4n) is 3.58. The van der Waals surface area contributed by atoms with Gasteiger partial charge in [-0.2, -0.15) is 0 Å². The number of halogens is 1. The van der Waals surface area contributed by atoms with E-state index >= 15 is 0 Å². The Labute approximate surface area is 169 Å². The van der Waals surface area contributed by atoms with E-state index in [1.54, 1.807) is 24.3 Å². The molecule has 3 rings (SSSR count). The first-order valence-electron chi connectivity index (χ1n) is 9.70. The average Bonchev–Trinajstić information content (AvgIpc) is 3.15. The topological polar surface area (TPSA) is 110 Å². The molecule has 2 atom stereocenters. The Morgan fingerprint density at radius 1 is 1.14 bits per heavy atom. The predicted molar refractivity (Wildman–Crippen MR) is 108 cm³/mol. The zero-order chi connectivity index (χ0) is 21.0. The molecule has 0 unspecified atom stereocenters. The van der Waals surface area contributed by atoms with Crippen molar-refractivity contribution in [1.29, 1.82) is 0 Å². The van der Waals surface area contributed by atoms with Gasteiger partial charge >= 0.3 is 0 Å². The van der Waals surface area contributed by atoms with E-state index in [0.29, 0.717) is 18.8 Å². The van der Waals surface area contributed by atoms with Crippen LogP contribution in [0.3, 0.4) is 0 Å². The molecule has 2 aromatic rings. The third-order valence-corrected chi connectivity index (χ3v) is 5.43. The number of anilines is 1. The molecule has 1 heterocycles. The van der Waals surface area contributed by atoms with Gasteiger partial charge in [0.2, 0.25) is 5.91 Å². The van der Waals surface area contributed by atoms with Crippen molar-refractivity contribution in [2.45, 2.75) is 44.6 Å². The molecule has 29 heavy (non-hydrogen) atoms. The van der Waals surface area contributed by atoms with Crippen molar-refractivity contribution in [2.24, 2.45) is 11.7 Å². The number of primary amides is 1. The predicted octanol–water partition coefficient (Wildman–Crippen LogP) is 2.39. The Hall–Kier alpha value is -3.03. The summed E-state index contributed by atoms with van der Waals surface area (Å²) >= 11 is 0. The van der Waals surface area contributed by atoms with Crippen LogP contribution in [-0.4, -0.2) is 34.6 Å². The van der Waals surface area contributed by atoms with Crippen LogP contribution in [0.1, 0.15) is 49.2 Å². The number of hydrogen-bond acceptors (Lipinski definition) is 5. The summed E-state index contributed by atoms with van der Waals surface area (Å²) in [5.41, 5.74) is 6.32. The minimum Gasteiger partial charge on any atom is -0.369 e. The van der Waals surface area contributed by atoms with Crippen LogP contribution in [0.5, 0.6) is 0 Å². The summed E-state index contributed by atoms with van der Waals surface area (Å²) in [5.74, 6) is -0.817. The number of benzene rings is 1. The van der Waals surface area contributed by atoms with Gasteiger partial charge in [0.25, 0.3) is 5.91 Å². The van der Waals surface area contributed by atoms with Crippen LogP contribution in [0.2, 0.25) is 0 Å². The SMILES string of the molecule is CC(C)(CNc1ccc(C(=O)N[C@@H]2CCC[C@@H]2C(N)=O)nn1)c1ccc(F)cc1. The zero-order valence-corrected chi connectivity index (χ0v) is 16.6. The van der Waals surface area contributed by atoms with Gasteiger partial charge in [-0.3, -0.25) is 9.59 Å². The lowest BCUT2D eigenvalue weighted by Crippen LogP contribution is -2.42. The molecule has 1 aromatic carbocycles. The first-order chi connectivity index (χ1) is 13.8. The minimum atomic E-state index is -0.387. The summed E-state index contributed by atoms with van der Waals surface area (Å²) in [6.45, 7) is 4.64. The molecule has 0 bridgehead atoms. The number of aromatic nitrogens is 2. The van der Waals surface area contributed by atoms with Crippen LogP contribution < -0.4 is 16.4 Å². The fraction of sp³-hybridized carbons (Fsp3) is 0.429. The van der Waals surface area contributed by atoms with Crippen molar-refractivity contribution in [3.63, 3.8) is 0 Å². The number of nitrogens with two attached hydrogens (primary N) is 1. The Morgan fingerprint density at radius 2 is 1.86 bits per heavy atom. The fourth-order valence-corrected chi connectivity index (χ4v) is 3.58. The van der Waals surface area contributed by atoms with E-state index in [1.807, 2.05) is 13.8 Å². The molecule has 154 valence electrons. The van der Waals surface area contributed by atoms with E-state index in [9.17, 15) is 14.0 Å². The van der Waals surface area contributed by atoms with Crippen LogP contribution in [0.15, 0.2) is 36.4 Å². The van der Waals surface area contributed by atoms with Gasteiger partial charge in [0.05, 0.1) is 5.92 Å².